The maximum Gasteiger partial charge on any atom is 0.282 e. The van der Waals surface area contributed by atoms with Crippen LogP contribution in [-0.2, 0) is 19.7 Å². The lowest BCUT2D eigenvalue weighted by Gasteiger charge is -2.33. The lowest BCUT2D eigenvalue weighted by Crippen LogP contribution is -2.51. The molecule has 0 radical (unpaired) electrons. The van der Waals surface area contributed by atoms with Crippen LogP contribution in [0.3, 0.4) is 0 Å². The molecule has 2 heterocycles. The molecule has 0 aromatic heterocycles. The summed E-state index contributed by atoms with van der Waals surface area (Å²) in [6, 6.07) is 0. The summed E-state index contributed by atoms with van der Waals surface area (Å²) in [5.41, 5.74) is 0. The maximum absolute atomic E-state index is 12.1. The molecule has 2 saturated heterocycles. The summed E-state index contributed by atoms with van der Waals surface area (Å²) in [6.07, 6.45) is 1.12. The molecule has 2 aliphatic rings. The third kappa shape index (κ3) is 2.42. The number of piperidine rings is 1. The minimum atomic E-state index is -3.45. The summed E-state index contributed by atoms with van der Waals surface area (Å²) >= 11 is 0. The zero-order valence-electron chi connectivity index (χ0n) is 9.09. The van der Waals surface area contributed by atoms with E-state index in [1.54, 1.807) is 0 Å². The molecular formula is C9H16N2O4S. The number of Topliss-reactive ketones (excluding diaryl/α,β-unsaturated/α-hetero) is 1. The second-order valence-electron chi connectivity index (χ2n) is 3.99. The van der Waals surface area contributed by atoms with Gasteiger partial charge in [0.25, 0.3) is 10.2 Å². The molecule has 0 atom stereocenters. The third-order valence-electron chi connectivity index (χ3n) is 2.84. The van der Waals surface area contributed by atoms with Crippen LogP contribution in [0.25, 0.3) is 0 Å². The summed E-state index contributed by atoms with van der Waals surface area (Å²) in [7, 11) is -3.45. The van der Waals surface area contributed by atoms with Crippen LogP contribution in [0.2, 0.25) is 0 Å². The van der Waals surface area contributed by atoms with E-state index in [-0.39, 0.29) is 12.3 Å². The first-order valence-electron chi connectivity index (χ1n) is 5.45. The largest absolute Gasteiger partial charge is 0.379 e. The van der Waals surface area contributed by atoms with Crippen molar-refractivity contribution in [3.8, 4) is 0 Å². The highest BCUT2D eigenvalue weighted by atomic mass is 32.2. The van der Waals surface area contributed by atoms with Crippen molar-refractivity contribution < 1.29 is 17.9 Å². The van der Waals surface area contributed by atoms with Crippen molar-refractivity contribution in [3.05, 3.63) is 0 Å². The van der Waals surface area contributed by atoms with Gasteiger partial charge >= 0.3 is 0 Å². The van der Waals surface area contributed by atoms with Gasteiger partial charge < -0.3 is 4.74 Å². The Kier molecular flexibility index (Phi) is 3.58. The summed E-state index contributed by atoms with van der Waals surface area (Å²) in [4.78, 5) is 11.3. The molecule has 0 aliphatic carbocycles. The van der Waals surface area contributed by atoms with Crippen LogP contribution in [0.15, 0.2) is 0 Å². The van der Waals surface area contributed by atoms with Gasteiger partial charge in [-0.1, -0.05) is 0 Å². The van der Waals surface area contributed by atoms with Crippen molar-refractivity contribution in [3.63, 3.8) is 0 Å². The van der Waals surface area contributed by atoms with E-state index in [0.29, 0.717) is 45.7 Å². The molecule has 0 amide bonds. The van der Waals surface area contributed by atoms with Gasteiger partial charge in [0.1, 0.15) is 5.78 Å². The molecule has 6 nitrogen and oxygen atoms in total. The zero-order chi connectivity index (χ0) is 11.6. The van der Waals surface area contributed by atoms with Crippen LogP contribution in [-0.4, -0.2) is 62.2 Å². The van der Waals surface area contributed by atoms with Crippen LogP contribution >= 0.6 is 0 Å². The average molecular weight is 248 g/mol. The Bertz CT molecular complexity index is 362. The maximum atomic E-state index is 12.1. The molecule has 2 rings (SSSR count). The Morgan fingerprint density at radius 2 is 1.75 bits per heavy atom. The Labute approximate surface area is 95.3 Å². The number of morpholine rings is 1. The number of hydrogen-bond donors (Lipinski definition) is 0. The van der Waals surface area contributed by atoms with E-state index in [2.05, 4.69) is 0 Å². The van der Waals surface area contributed by atoms with Gasteiger partial charge in [0.2, 0.25) is 0 Å². The quantitative estimate of drug-likeness (QED) is 0.643. The molecule has 7 heteroatoms. The van der Waals surface area contributed by atoms with Crippen molar-refractivity contribution in [2.45, 2.75) is 12.8 Å². The highest BCUT2D eigenvalue weighted by Gasteiger charge is 2.33. The number of carbonyl (C=O) groups excluding carboxylic acids is 1. The van der Waals surface area contributed by atoms with Crippen LogP contribution in [0.1, 0.15) is 12.8 Å². The summed E-state index contributed by atoms with van der Waals surface area (Å²) in [5, 5.41) is 0. The van der Waals surface area contributed by atoms with E-state index < -0.39 is 10.2 Å². The van der Waals surface area contributed by atoms with Gasteiger partial charge in [-0.15, -0.1) is 0 Å². The van der Waals surface area contributed by atoms with E-state index in [0.717, 1.165) is 0 Å². The van der Waals surface area contributed by atoms with E-state index >= 15 is 0 Å². The van der Waals surface area contributed by atoms with E-state index in [4.69, 9.17) is 4.74 Å². The van der Waals surface area contributed by atoms with Crippen molar-refractivity contribution in [2.24, 2.45) is 0 Å². The van der Waals surface area contributed by atoms with Gasteiger partial charge in [0, 0.05) is 26.1 Å². The van der Waals surface area contributed by atoms with Crippen molar-refractivity contribution in [1.29, 1.82) is 0 Å². The first-order valence-corrected chi connectivity index (χ1v) is 6.85. The summed E-state index contributed by atoms with van der Waals surface area (Å²) in [5.74, 6) is 0.00286. The van der Waals surface area contributed by atoms with Gasteiger partial charge in [-0.25, -0.2) is 0 Å². The number of hydrogen-bond acceptors (Lipinski definition) is 4. The lowest BCUT2D eigenvalue weighted by atomic mass is 10.1. The minimum Gasteiger partial charge on any atom is -0.379 e. The average Bonchev–Trinajstić information content (AvgIpc) is 2.30. The Hall–Kier alpha value is -0.500. The number of nitrogens with zero attached hydrogens (tertiary/aromatic N) is 2. The van der Waals surface area contributed by atoms with Gasteiger partial charge in [-0.05, 0) is 6.42 Å². The van der Waals surface area contributed by atoms with Crippen LogP contribution in [0.4, 0.5) is 0 Å². The van der Waals surface area contributed by atoms with Crippen LogP contribution in [0, 0.1) is 0 Å². The smallest absolute Gasteiger partial charge is 0.282 e. The van der Waals surface area contributed by atoms with Gasteiger partial charge in [-0.2, -0.15) is 17.0 Å². The van der Waals surface area contributed by atoms with E-state index in [1.165, 1.54) is 8.61 Å². The number of ketones is 1. The molecule has 92 valence electrons. The Morgan fingerprint density at radius 1 is 1.06 bits per heavy atom. The standard InChI is InChI=1S/C9H16N2O4S/c12-9-2-1-3-11(8-9)16(13,14)10-4-6-15-7-5-10/h1-8H2. The van der Waals surface area contributed by atoms with Crippen molar-refractivity contribution >= 4 is 16.0 Å². The molecule has 2 fully saturated rings. The number of carbonyl (C=O) groups is 1. The predicted octanol–water partition coefficient (Wildman–Crippen LogP) is -0.772. The van der Waals surface area contributed by atoms with E-state index in [1.807, 2.05) is 0 Å². The molecule has 0 saturated carbocycles. The zero-order valence-corrected chi connectivity index (χ0v) is 9.91. The molecule has 0 N–H and O–H groups in total. The molecule has 0 unspecified atom stereocenters. The van der Waals surface area contributed by atoms with Gasteiger partial charge in [0.05, 0.1) is 19.8 Å². The van der Waals surface area contributed by atoms with E-state index in [9.17, 15) is 13.2 Å². The fourth-order valence-corrected chi connectivity index (χ4v) is 3.55. The molecule has 0 bridgehead atoms. The Balaban J connectivity index is 2.07. The second kappa shape index (κ2) is 4.79. The number of rotatable bonds is 2. The van der Waals surface area contributed by atoms with Gasteiger partial charge in [-0.3, -0.25) is 4.79 Å². The molecular weight excluding hydrogens is 232 g/mol. The Morgan fingerprint density at radius 3 is 2.38 bits per heavy atom. The molecule has 2 aliphatic heterocycles. The van der Waals surface area contributed by atoms with Crippen molar-refractivity contribution in [1.82, 2.24) is 8.61 Å². The van der Waals surface area contributed by atoms with Crippen LogP contribution < -0.4 is 0 Å². The monoisotopic (exact) mass is 248 g/mol. The highest BCUT2D eigenvalue weighted by molar-refractivity contribution is 7.86. The SMILES string of the molecule is O=C1CCCN(S(=O)(=O)N2CCOCC2)C1. The second-order valence-corrected chi connectivity index (χ2v) is 5.92. The fraction of sp³-hybridized carbons (Fsp3) is 0.889. The minimum absolute atomic E-state index is 0.00286. The molecule has 16 heavy (non-hydrogen) atoms. The number of ether oxygens (including phenoxy) is 1. The molecule has 0 aromatic rings. The first-order chi connectivity index (χ1) is 7.60. The normalized spacial score (nSPS) is 25.9. The third-order valence-corrected chi connectivity index (χ3v) is 4.82. The van der Waals surface area contributed by atoms with Crippen LogP contribution in [0.5, 0.6) is 0 Å². The highest BCUT2D eigenvalue weighted by Crippen LogP contribution is 2.15. The predicted molar refractivity (Wildman–Crippen MR) is 57.1 cm³/mol. The molecule has 0 aromatic carbocycles. The summed E-state index contributed by atoms with van der Waals surface area (Å²) in [6.45, 7) is 2.10. The topological polar surface area (TPSA) is 66.9 Å². The van der Waals surface area contributed by atoms with Gasteiger partial charge in [0.15, 0.2) is 0 Å². The summed E-state index contributed by atoms with van der Waals surface area (Å²) < 4.78 is 32.1. The van der Waals surface area contributed by atoms with Crippen molar-refractivity contribution in [2.75, 3.05) is 39.4 Å². The lowest BCUT2D eigenvalue weighted by molar-refractivity contribution is -0.120. The first kappa shape index (κ1) is 12.0. The fourth-order valence-electron chi connectivity index (χ4n) is 1.94. The molecule has 0 spiro atoms.